The first-order valence-corrected chi connectivity index (χ1v) is 6.59. The fourth-order valence-electron chi connectivity index (χ4n) is 2.14. The second kappa shape index (κ2) is 5.77. The molecule has 1 N–H and O–H groups in total. The molecule has 20 heavy (non-hydrogen) atoms. The summed E-state index contributed by atoms with van der Waals surface area (Å²) < 4.78 is 6.83. The number of hydrogen-bond donors (Lipinski definition) is 1. The lowest BCUT2D eigenvalue weighted by atomic mass is 10.0. The third kappa shape index (κ3) is 2.52. The van der Waals surface area contributed by atoms with Crippen LogP contribution >= 0.6 is 0 Å². The van der Waals surface area contributed by atoms with Gasteiger partial charge in [0.1, 0.15) is 11.4 Å². The van der Waals surface area contributed by atoms with Crippen molar-refractivity contribution in [1.82, 2.24) is 9.78 Å². The van der Waals surface area contributed by atoms with Crippen molar-refractivity contribution in [3.8, 4) is 17.0 Å². The summed E-state index contributed by atoms with van der Waals surface area (Å²) in [5.74, 6) is -0.281. The number of rotatable bonds is 5. The highest BCUT2D eigenvalue weighted by Crippen LogP contribution is 2.30. The average molecular weight is 274 g/mol. The number of benzene rings is 1. The molecule has 0 fully saturated rings. The van der Waals surface area contributed by atoms with Crippen LogP contribution in [0.25, 0.3) is 11.3 Å². The highest BCUT2D eigenvalue weighted by atomic mass is 16.5. The highest BCUT2D eigenvalue weighted by Gasteiger charge is 2.17. The predicted molar refractivity (Wildman–Crippen MR) is 76.2 cm³/mol. The van der Waals surface area contributed by atoms with Gasteiger partial charge in [-0.2, -0.15) is 5.10 Å². The molecule has 1 aromatic heterocycles. The van der Waals surface area contributed by atoms with E-state index in [1.165, 1.54) is 4.68 Å². The van der Waals surface area contributed by atoms with Crippen LogP contribution in [-0.2, 0) is 13.0 Å². The average Bonchev–Trinajstić information content (AvgIpc) is 2.90. The summed E-state index contributed by atoms with van der Waals surface area (Å²) in [6.45, 7) is 4.44. The topological polar surface area (TPSA) is 64.3 Å². The number of methoxy groups -OCH3 is 1. The molecule has 0 saturated carbocycles. The number of nitrogens with zero attached hydrogens (tertiary/aromatic N) is 2. The van der Waals surface area contributed by atoms with Crippen molar-refractivity contribution in [2.45, 2.75) is 26.8 Å². The number of aryl methyl sites for hydroxylation is 2. The minimum Gasteiger partial charge on any atom is -0.496 e. The van der Waals surface area contributed by atoms with Gasteiger partial charge in [-0.3, -0.25) is 4.68 Å². The van der Waals surface area contributed by atoms with Crippen molar-refractivity contribution in [2.24, 2.45) is 0 Å². The summed E-state index contributed by atoms with van der Waals surface area (Å²) in [6.07, 6.45) is 0.900. The number of carboxylic acid groups (broad SMARTS) is 1. The van der Waals surface area contributed by atoms with E-state index in [-0.39, 0.29) is 5.69 Å². The van der Waals surface area contributed by atoms with Gasteiger partial charge in [-0.15, -0.1) is 0 Å². The Balaban J connectivity index is 2.58. The van der Waals surface area contributed by atoms with Crippen molar-refractivity contribution in [2.75, 3.05) is 7.11 Å². The smallest absolute Gasteiger partial charge is 0.354 e. The van der Waals surface area contributed by atoms with Gasteiger partial charge < -0.3 is 9.84 Å². The summed E-state index contributed by atoms with van der Waals surface area (Å²) in [5, 5.41) is 13.6. The molecule has 1 aromatic carbocycles. The Hall–Kier alpha value is -2.30. The largest absolute Gasteiger partial charge is 0.496 e. The number of ether oxygens (including phenoxy) is 1. The minimum atomic E-state index is -0.976. The van der Waals surface area contributed by atoms with Gasteiger partial charge in [0.2, 0.25) is 0 Å². The summed E-state index contributed by atoms with van der Waals surface area (Å²) >= 11 is 0. The quantitative estimate of drug-likeness (QED) is 0.910. The third-order valence-electron chi connectivity index (χ3n) is 3.25. The number of aromatic nitrogens is 2. The summed E-state index contributed by atoms with van der Waals surface area (Å²) in [5.41, 5.74) is 2.79. The molecule has 0 spiro atoms. The number of hydrogen-bond acceptors (Lipinski definition) is 3. The first-order valence-electron chi connectivity index (χ1n) is 6.59. The van der Waals surface area contributed by atoms with Gasteiger partial charge in [0.25, 0.3) is 0 Å². The van der Waals surface area contributed by atoms with Crippen molar-refractivity contribution in [3.05, 3.63) is 35.5 Å². The van der Waals surface area contributed by atoms with Crippen molar-refractivity contribution < 1.29 is 14.6 Å². The van der Waals surface area contributed by atoms with E-state index >= 15 is 0 Å². The van der Waals surface area contributed by atoms with Crippen LogP contribution in [-0.4, -0.2) is 28.0 Å². The summed E-state index contributed by atoms with van der Waals surface area (Å²) in [7, 11) is 1.60. The molecule has 0 aliphatic heterocycles. The maximum atomic E-state index is 11.2. The second-order valence-electron chi connectivity index (χ2n) is 4.42. The third-order valence-corrected chi connectivity index (χ3v) is 3.25. The molecule has 0 atom stereocenters. The van der Waals surface area contributed by atoms with Crippen molar-refractivity contribution >= 4 is 5.97 Å². The molecule has 0 aliphatic carbocycles. The summed E-state index contributed by atoms with van der Waals surface area (Å²) in [4.78, 5) is 11.2. The zero-order valence-electron chi connectivity index (χ0n) is 11.9. The first-order chi connectivity index (χ1) is 9.60. The Morgan fingerprint density at radius 2 is 2.10 bits per heavy atom. The van der Waals surface area contributed by atoms with Crippen LogP contribution in [0, 0.1) is 0 Å². The van der Waals surface area contributed by atoms with E-state index in [9.17, 15) is 9.90 Å². The van der Waals surface area contributed by atoms with Crippen molar-refractivity contribution in [3.63, 3.8) is 0 Å². The molecule has 0 aliphatic rings. The van der Waals surface area contributed by atoms with Gasteiger partial charge in [0.15, 0.2) is 0 Å². The lowest BCUT2D eigenvalue weighted by Gasteiger charge is -2.08. The summed E-state index contributed by atoms with van der Waals surface area (Å²) in [6, 6.07) is 7.47. The van der Waals surface area contributed by atoms with Crippen LogP contribution in [0.15, 0.2) is 24.3 Å². The van der Waals surface area contributed by atoms with E-state index < -0.39 is 5.97 Å². The molecule has 0 unspecified atom stereocenters. The lowest BCUT2D eigenvalue weighted by molar-refractivity contribution is 0.0683. The minimum absolute atomic E-state index is 0.187. The molecule has 0 saturated heterocycles. The van der Waals surface area contributed by atoms with Gasteiger partial charge >= 0.3 is 5.97 Å². The van der Waals surface area contributed by atoms with E-state index in [1.807, 2.05) is 25.1 Å². The molecular weight excluding hydrogens is 256 g/mol. The van der Waals surface area contributed by atoms with Crippen LogP contribution in [0.4, 0.5) is 0 Å². The Morgan fingerprint density at radius 1 is 1.35 bits per heavy atom. The molecule has 5 nitrogen and oxygen atoms in total. The lowest BCUT2D eigenvalue weighted by Crippen LogP contribution is -2.08. The Morgan fingerprint density at radius 3 is 2.60 bits per heavy atom. The van der Waals surface area contributed by atoms with Gasteiger partial charge in [-0.05, 0) is 37.1 Å². The van der Waals surface area contributed by atoms with E-state index in [0.717, 1.165) is 17.5 Å². The van der Waals surface area contributed by atoms with Gasteiger partial charge in [0, 0.05) is 12.1 Å². The molecule has 0 amide bonds. The van der Waals surface area contributed by atoms with E-state index in [0.29, 0.717) is 18.0 Å². The number of aromatic carboxylic acids is 1. The monoisotopic (exact) mass is 274 g/mol. The second-order valence-corrected chi connectivity index (χ2v) is 4.42. The molecule has 1 heterocycles. The standard InChI is InChI=1S/C15H18N2O3/c1-4-10-6-7-14(20-3)11(8-10)12-9-13(15(18)19)17(5-2)16-12/h6-9H,4-5H2,1-3H3,(H,18,19). The van der Waals surface area contributed by atoms with Gasteiger partial charge in [0.05, 0.1) is 12.8 Å². The van der Waals surface area contributed by atoms with E-state index in [2.05, 4.69) is 12.0 Å². The number of carboxylic acids is 1. The number of carbonyl (C=O) groups is 1. The molecule has 2 rings (SSSR count). The van der Waals surface area contributed by atoms with Crippen LogP contribution < -0.4 is 4.74 Å². The van der Waals surface area contributed by atoms with E-state index in [1.54, 1.807) is 13.2 Å². The molecule has 0 radical (unpaired) electrons. The fourth-order valence-corrected chi connectivity index (χ4v) is 2.14. The van der Waals surface area contributed by atoms with Gasteiger partial charge in [-0.1, -0.05) is 13.0 Å². The fraction of sp³-hybridized carbons (Fsp3) is 0.333. The van der Waals surface area contributed by atoms with Crippen molar-refractivity contribution in [1.29, 1.82) is 0 Å². The molecule has 2 aromatic rings. The van der Waals surface area contributed by atoms with Crippen LogP contribution in [0.1, 0.15) is 29.9 Å². The van der Waals surface area contributed by atoms with E-state index in [4.69, 9.17) is 4.74 Å². The van der Waals surface area contributed by atoms with Gasteiger partial charge in [-0.25, -0.2) is 4.79 Å². The maximum absolute atomic E-state index is 11.2. The Labute approximate surface area is 117 Å². The van der Waals surface area contributed by atoms with Crippen LogP contribution in [0.3, 0.4) is 0 Å². The SMILES string of the molecule is CCc1ccc(OC)c(-c2cc(C(=O)O)n(CC)n2)c1. The van der Waals surface area contributed by atoms with Crippen LogP contribution in [0.5, 0.6) is 5.75 Å². The molecule has 106 valence electrons. The molecule has 0 bridgehead atoms. The molecular formula is C15H18N2O3. The predicted octanol–water partition coefficient (Wildman–Crippen LogP) is 2.84. The zero-order chi connectivity index (χ0) is 14.7. The first kappa shape index (κ1) is 14.1. The zero-order valence-corrected chi connectivity index (χ0v) is 11.9. The maximum Gasteiger partial charge on any atom is 0.354 e. The molecule has 5 heteroatoms. The Kier molecular flexibility index (Phi) is 4.08. The Bertz CT molecular complexity index is 632. The van der Waals surface area contributed by atoms with Crippen LogP contribution in [0.2, 0.25) is 0 Å². The normalized spacial score (nSPS) is 10.6. The highest BCUT2D eigenvalue weighted by molar-refractivity contribution is 5.87.